The van der Waals surface area contributed by atoms with Gasteiger partial charge in [-0.15, -0.1) is 0 Å². The zero-order valence-electron chi connectivity index (χ0n) is 12.6. The van der Waals surface area contributed by atoms with Crippen LogP contribution in [0.5, 0.6) is 0 Å². The van der Waals surface area contributed by atoms with Gasteiger partial charge in [-0.05, 0) is 44.2 Å². The fraction of sp³-hybridized carbons (Fsp3) is 0.625. The Balaban J connectivity index is 2.28. The van der Waals surface area contributed by atoms with Crippen molar-refractivity contribution in [3.05, 3.63) is 34.9 Å². The third-order valence-electron chi connectivity index (χ3n) is 4.87. The van der Waals surface area contributed by atoms with E-state index in [4.69, 9.17) is 17.3 Å². The fourth-order valence-electron chi connectivity index (χ4n) is 3.28. The van der Waals surface area contributed by atoms with Gasteiger partial charge in [-0.2, -0.15) is 11.8 Å². The number of likely N-dealkylation sites (N-methyl/N-ethyl adjacent to an activating group) is 1. The van der Waals surface area contributed by atoms with E-state index in [0.29, 0.717) is 11.8 Å². The molecule has 2 rings (SSSR count). The summed E-state index contributed by atoms with van der Waals surface area (Å²) in [5.41, 5.74) is 7.45. The summed E-state index contributed by atoms with van der Waals surface area (Å²) in [6, 6.07) is 8.40. The molecule has 3 atom stereocenters. The summed E-state index contributed by atoms with van der Waals surface area (Å²) in [5.74, 6) is 1.25. The average molecular weight is 313 g/mol. The molecule has 0 aliphatic carbocycles. The number of rotatable bonds is 4. The van der Waals surface area contributed by atoms with Crippen molar-refractivity contribution in [2.45, 2.75) is 43.5 Å². The van der Waals surface area contributed by atoms with Gasteiger partial charge in [-0.3, -0.25) is 4.90 Å². The van der Waals surface area contributed by atoms with Gasteiger partial charge in [0.15, 0.2) is 0 Å². The molecule has 20 heavy (non-hydrogen) atoms. The van der Waals surface area contributed by atoms with Crippen molar-refractivity contribution >= 4 is 23.4 Å². The zero-order chi connectivity index (χ0) is 14.8. The molecule has 0 aromatic heterocycles. The number of nitrogens with zero attached hydrogens (tertiary/aromatic N) is 1. The van der Waals surface area contributed by atoms with Crippen LogP contribution in [-0.2, 0) is 0 Å². The Morgan fingerprint density at radius 2 is 2.20 bits per heavy atom. The lowest BCUT2D eigenvalue weighted by Gasteiger charge is -2.50. The van der Waals surface area contributed by atoms with Crippen LogP contribution in [0.3, 0.4) is 0 Å². The standard InChI is InChI=1S/C16H25ClN2S/c1-12(14-7-4-5-8-15(14)17)19(3)16(11-18)9-6-10-20-13(16)2/h4-5,7-8,12-13H,6,9-11,18H2,1-3H3. The highest BCUT2D eigenvalue weighted by Gasteiger charge is 2.43. The second-order valence-corrected chi connectivity index (χ2v) is 7.59. The second-order valence-electron chi connectivity index (χ2n) is 5.73. The van der Waals surface area contributed by atoms with Crippen LogP contribution < -0.4 is 5.73 Å². The van der Waals surface area contributed by atoms with Gasteiger partial charge in [-0.25, -0.2) is 0 Å². The van der Waals surface area contributed by atoms with E-state index in [9.17, 15) is 0 Å². The molecule has 1 aliphatic heterocycles. The van der Waals surface area contributed by atoms with Gasteiger partial charge in [-0.1, -0.05) is 36.7 Å². The topological polar surface area (TPSA) is 29.3 Å². The molecular weight excluding hydrogens is 288 g/mol. The van der Waals surface area contributed by atoms with Crippen LogP contribution in [0, 0.1) is 0 Å². The van der Waals surface area contributed by atoms with Gasteiger partial charge in [0.2, 0.25) is 0 Å². The van der Waals surface area contributed by atoms with Gasteiger partial charge in [0, 0.05) is 28.4 Å². The molecular formula is C16H25ClN2S. The highest BCUT2D eigenvalue weighted by Crippen LogP contribution is 2.41. The van der Waals surface area contributed by atoms with Crippen LogP contribution in [0.2, 0.25) is 5.02 Å². The summed E-state index contributed by atoms with van der Waals surface area (Å²) in [4.78, 5) is 2.45. The number of hydrogen-bond donors (Lipinski definition) is 1. The summed E-state index contributed by atoms with van der Waals surface area (Å²) >= 11 is 8.40. The molecule has 0 radical (unpaired) electrons. The molecule has 0 bridgehead atoms. The number of hydrogen-bond acceptors (Lipinski definition) is 3. The van der Waals surface area contributed by atoms with Crippen molar-refractivity contribution in [3.63, 3.8) is 0 Å². The molecule has 2 nitrogen and oxygen atoms in total. The molecule has 2 N–H and O–H groups in total. The first-order valence-corrected chi connectivity index (χ1v) is 8.74. The fourth-order valence-corrected chi connectivity index (χ4v) is 4.93. The normalized spacial score (nSPS) is 28.6. The minimum atomic E-state index is 0.0709. The van der Waals surface area contributed by atoms with E-state index in [1.54, 1.807) is 0 Å². The van der Waals surface area contributed by atoms with Crippen LogP contribution in [0.1, 0.15) is 38.3 Å². The van der Waals surface area contributed by atoms with E-state index < -0.39 is 0 Å². The van der Waals surface area contributed by atoms with E-state index in [0.717, 1.165) is 5.02 Å². The summed E-state index contributed by atoms with van der Waals surface area (Å²) in [5, 5.41) is 1.39. The summed E-state index contributed by atoms with van der Waals surface area (Å²) in [7, 11) is 2.20. The van der Waals surface area contributed by atoms with Crippen LogP contribution >= 0.6 is 23.4 Å². The minimum absolute atomic E-state index is 0.0709. The lowest BCUT2D eigenvalue weighted by atomic mass is 9.86. The van der Waals surface area contributed by atoms with Crippen molar-refractivity contribution in [2.24, 2.45) is 5.73 Å². The van der Waals surface area contributed by atoms with E-state index >= 15 is 0 Å². The summed E-state index contributed by atoms with van der Waals surface area (Å²) < 4.78 is 0. The highest BCUT2D eigenvalue weighted by molar-refractivity contribution is 8.00. The Morgan fingerprint density at radius 1 is 1.50 bits per heavy atom. The third kappa shape index (κ3) is 2.87. The van der Waals surface area contributed by atoms with Crippen molar-refractivity contribution in [1.82, 2.24) is 4.90 Å². The maximum atomic E-state index is 6.36. The summed E-state index contributed by atoms with van der Waals surface area (Å²) in [6.07, 6.45) is 2.41. The molecule has 1 fully saturated rings. The van der Waals surface area contributed by atoms with Crippen molar-refractivity contribution in [2.75, 3.05) is 19.3 Å². The molecule has 0 amide bonds. The Kier molecular flexibility index (Phi) is 5.41. The predicted octanol–water partition coefficient (Wildman–Crippen LogP) is 3.95. The molecule has 1 aliphatic rings. The van der Waals surface area contributed by atoms with Crippen LogP contribution in [0.4, 0.5) is 0 Å². The van der Waals surface area contributed by atoms with Gasteiger partial charge < -0.3 is 5.73 Å². The number of thioether (sulfide) groups is 1. The maximum Gasteiger partial charge on any atom is 0.0453 e. The molecule has 112 valence electrons. The van der Waals surface area contributed by atoms with E-state index in [-0.39, 0.29) is 11.6 Å². The minimum Gasteiger partial charge on any atom is -0.329 e. The van der Waals surface area contributed by atoms with Crippen LogP contribution in [0.25, 0.3) is 0 Å². The van der Waals surface area contributed by atoms with Crippen molar-refractivity contribution in [3.8, 4) is 0 Å². The van der Waals surface area contributed by atoms with Gasteiger partial charge in [0.05, 0.1) is 0 Å². The average Bonchev–Trinajstić information content (AvgIpc) is 2.47. The van der Waals surface area contributed by atoms with Crippen LogP contribution in [-0.4, -0.2) is 35.0 Å². The van der Waals surface area contributed by atoms with Crippen molar-refractivity contribution in [1.29, 1.82) is 0 Å². The molecule has 1 aromatic rings. The molecule has 0 saturated carbocycles. The maximum absolute atomic E-state index is 6.36. The zero-order valence-corrected chi connectivity index (χ0v) is 14.2. The number of nitrogens with two attached hydrogens (primary N) is 1. The molecule has 3 unspecified atom stereocenters. The van der Waals surface area contributed by atoms with Gasteiger partial charge >= 0.3 is 0 Å². The van der Waals surface area contributed by atoms with Crippen molar-refractivity contribution < 1.29 is 0 Å². The summed E-state index contributed by atoms with van der Waals surface area (Å²) in [6.45, 7) is 5.24. The van der Waals surface area contributed by atoms with Crippen LogP contribution in [0.15, 0.2) is 24.3 Å². The number of benzene rings is 1. The number of halogens is 1. The Labute approximate surface area is 132 Å². The lowest BCUT2D eigenvalue weighted by molar-refractivity contribution is 0.0730. The smallest absolute Gasteiger partial charge is 0.0453 e. The SMILES string of the molecule is CC(c1ccccc1Cl)N(C)C1(CN)CCCSC1C. The Bertz CT molecular complexity index is 454. The van der Waals surface area contributed by atoms with Gasteiger partial charge in [0.1, 0.15) is 0 Å². The third-order valence-corrected chi connectivity index (χ3v) is 6.68. The molecule has 1 heterocycles. The predicted molar refractivity (Wildman–Crippen MR) is 90.6 cm³/mol. The van der Waals surface area contributed by atoms with E-state index in [2.05, 4.69) is 37.9 Å². The molecule has 0 spiro atoms. The second kappa shape index (κ2) is 6.69. The first-order chi connectivity index (χ1) is 9.53. The Hall–Kier alpha value is -0.220. The lowest BCUT2D eigenvalue weighted by Crippen LogP contribution is -2.60. The first-order valence-electron chi connectivity index (χ1n) is 7.32. The van der Waals surface area contributed by atoms with E-state index in [1.807, 2.05) is 23.9 Å². The highest BCUT2D eigenvalue weighted by atomic mass is 35.5. The largest absolute Gasteiger partial charge is 0.329 e. The molecule has 4 heteroatoms. The monoisotopic (exact) mass is 312 g/mol. The van der Waals surface area contributed by atoms with Gasteiger partial charge in [0.25, 0.3) is 0 Å². The quantitative estimate of drug-likeness (QED) is 0.913. The molecule has 1 aromatic carbocycles. The Morgan fingerprint density at radius 3 is 2.80 bits per heavy atom. The van der Waals surface area contributed by atoms with E-state index in [1.165, 1.54) is 24.2 Å². The first kappa shape index (κ1) is 16.2. The molecule has 1 saturated heterocycles.